The molecule has 22 heavy (non-hydrogen) atoms. The number of pyridine rings is 1. The summed E-state index contributed by atoms with van der Waals surface area (Å²) in [6.45, 7) is -1.22. The number of halogens is 1. The van der Waals surface area contributed by atoms with E-state index >= 15 is 0 Å². The van der Waals surface area contributed by atoms with Crippen LogP contribution in [0, 0.1) is 10.1 Å². The van der Waals surface area contributed by atoms with Gasteiger partial charge in [0.2, 0.25) is 11.6 Å². The highest BCUT2D eigenvalue weighted by Crippen LogP contribution is 2.26. The van der Waals surface area contributed by atoms with Gasteiger partial charge in [-0.1, -0.05) is 0 Å². The molecule has 0 bridgehead atoms. The maximum Gasteiger partial charge on any atom is 0.343 e. The lowest BCUT2D eigenvalue weighted by Crippen LogP contribution is -2.40. The molecule has 2 rings (SSSR count). The fourth-order valence-corrected chi connectivity index (χ4v) is 2.16. The minimum absolute atomic E-state index is 0.0920. The summed E-state index contributed by atoms with van der Waals surface area (Å²) in [6.07, 6.45) is 0.577. The molecule has 1 aliphatic rings. The van der Waals surface area contributed by atoms with Crippen LogP contribution in [0.4, 0.5) is 10.1 Å². The molecule has 1 aromatic rings. The first-order valence-corrected chi connectivity index (χ1v) is 6.28. The Hall–Kier alpha value is -2.78. The number of carboxylic acid groups (broad SMARTS) is 1. The second kappa shape index (κ2) is 5.54. The Morgan fingerprint density at radius 2 is 2.14 bits per heavy atom. The van der Waals surface area contributed by atoms with Gasteiger partial charge in [-0.15, -0.1) is 0 Å². The van der Waals surface area contributed by atoms with E-state index in [4.69, 9.17) is 5.11 Å². The monoisotopic (exact) mass is 313 g/mol. The van der Waals surface area contributed by atoms with E-state index in [-0.39, 0.29) is 18.7 Å². The Morgan fingerprint density at radius 1 is 1.45 bits per heavy atom. The Kier molecular flexibility index (Phi) is 3.93. The molecule has 1 saturated heterocycles. The van der Waals surface area contributed by atoms with Crippen LogP contribution in [0.15, 0.2) is 23.1 Å². The number of carbonyl (C=O) groups is 2. The number of carbonyl (C=O) groups excluding carboxylic acids is 1. The zero-order valence-electron chi connectivity index (χ0n) is 11.3. The number of amides is 1. The molecule has 0 radical (unpaired) electrons. The minimum Gasteiger partial charge on any atom is -0.479 e. The fraction of sp³-hybridized carbons (Fsp3) is 0.417. The predicted octanol–water partition coefficient (Wildman–Crippen LogP) is -0.218. The Balaban J connectivity index is 2.14. The number of likely N-dealkylation sites (tertiary alicyclic amines) is 1. The van der Waals surface area contributed by atoms with Crippen LogP contribution in [0.3, 0.4) is 0 Å². The summed E-state index contributed by atoms with van der Waals surface area (Å²) in [4.78, 5) is 45.3. The SMILES string of the molecule is O=C(Cn1cc([N+](=O)[O-])ccc1=O)N1CCC(F)(C(=O)O)C1. The van der Waals surface area contributed by atoms with Gasteiger partial charge >= 0.3 is 5.97 Å². The van der Waals surface area contributed by atoms with Gasteiger partial charge in [0.25, 0.3) is 11.2 Å². The maximum absolute atomic E-state index is 13.9. The largest absolute Gasteiger partial charge is 0.479 e. The Labute approximate surface area is 122 Å². The summed E-state index contributed by atoms with van der Waals surface area (Å²) in [5, 5.41) is 19.4. The van der Waals surface area contributed by atoms with Crippen molar-refractivity contribution in [1.29, 1.82) is 0 Å². The molecule has 118 valence electrons. The molecule has 1 fully saturated rings. The molecule has 1 unspecified atom stereocenters. The number of rotatable bonds is 4. The summed E-state index contributed by atoms with van der Waals surface area (Å²) in [5.74, 6) is -2.32. The van der Waals surface area contributed by atoms with E-state index in [0.717, 1.165) is 27.8 Å². The minimum atomic E-state index is -2.50. The van der Waals surface area contributed by atoms with Crippen molar-refractivity contribution in [2.24, 2.45) is 0 Å². The van der Waals surface area contributed by atoms with Crippen molar-refractivity contribution >= 4 is 17.6 Å². The smallest absolute Gasteiger partial charge is 0.343 e. The average Bonchev–Trinajstić information content (AvgIpc) is 2.85. The molecule has 9 nitrogen and oxygen atoms in total. The number of nitro groups is 1. The fourth-order valence-electron chi connectivity index (χ4n) is 2.16. The van der Waals surface area contributed by atoms with Crippen LogP contribution in [0.1, 0.15) is 6.42 Å². The molecule has 1 aliphatic heterocycles. The first kappa shape index (κ1) is 15.6. The van der Waals surface area contributed by atoms with Crippen molar-refractivity contribution in [2.75, 3.05) is 13.1 Å². The summed E-state index contributed by atoms with van der Waals surface area (Å²) < 4.78 is 14.7. The average molecular weight is 313 g/mol. The van der Waals surface area contributed by atoms with Gasteiger partial charge < -0.3 is 10.0 Å². The van der Waals surface area contributed by atoms with Crippen LogP contribution in [0.5, 0.6) is 0 Å². The van der Waals surface area contributed by atoms with E-state index in [1.54, 1.807) is 0 Å². The summed E-state index contributed by atoms with van der Waals surface area (Å²) in [5.41, 5.74) is -3.48. The third-order valence-corrected chi connectivity index (χ3v) is 3.44. The van der Waals surface area contributed by atoms with Gasteiger partial charge in [0.05, 0.1) is 17.7 Å². The van der Waals surface area contributed by atoms with Crippen LogP contribution >= 0.6 is 0 Å². The Bertz CT molecular complexity index is 702. The second-order valence-corrected chi connectivity index (χ2v) is 4.95. The van der Waals surface area contributed by atoms with Crippen molar-refractivity contribution in [2.45, 2.75) is 18.6 Å². The Morgan fingerprint density at radius 3 is 2.68 bits per heavy atom. The van der Waals surface area contributed by atoms with Crippen molar-refractivity contribution in [3.8, 4) is 0 Å². The maximum atomic E-state index is 13.9. The zero-order chi connectivity index (χ0) is 16.5. The first-order chi connectivity index (χ1) is 10.2. The highest BCUT2D eigenvalue weighted by atomic mass is 19.1. The van der Waals surface area contributed by atoms with Crippen molar-refractivity contribution in [3.63, 3.8) is 0 Å². The number of hydrogen-bond donors (Lipinski definition) is 1. The third kappa shape index (κ3) is 2.95. The molecule has 10 heteroatoms. The number of carboxylic acids is 1. The number of hydrogen-bond acceptors (Lipinski definition) is 5. The van der Waals surface area contributed by atoms with Gasteiger partial charge in [0.1, 0.15) is 6.54 Å². The van der Waals surface area contributed by atoms with E-state index in [9.17, 15) is 28.9 Å². The lowest BCUT2D eigenvalue weighted by molar-refractivity contribution is -0.385. The highest BCUT2D eigenvalue weighted by Gasteiger charge is 2.46. The molecule has 1 atom stereocenters. The van der Waals surface area contributed by atoms with Crippen molar-refractivity contribution in [1.82, 2.24) is 9.47 Å². The predicted molar refractivity (Wildman–Crippen MR) is 70.0 cm³/mol. The molecule has 0 spiro atoms. The quantitative estimate of drug-likeness (QED) is 0.605. The number of alkyl halides is 1. The van der Waals surface area contributed by atoms with Gasteiger partial charge in [-0.2, -0.15) is 0 Å². The van der Waals surface area contributed by atoms with Gasteiger partial charge in [-0.3, -0.25) is 24.3 Å². The van der Waals surface area contributed by atoms with Gasteiger partial charge in [0, 0.05) is 25.1 Å². The lowest BCUT2D eigenvalue weighted by Gasteiger charge is -2.18. The summed E-state index contributed by atoms with van der Waals surface area (Å²) in [7, 11) is 0. The molecule has 1 amide bonds. The summed E-state index contributed by atoms with van der Waals surface area (Å²) >= 11 is 0. The second-order valence-electron chi connectivity index (χ2n) is 4.95. The van der Waals surface area contributed by atoms with Crippen molar-refractivity contribution < 1.29 is 24.0 Å². The number of nitrogens with zero attached hydrogens (tertiary/aromatic N) is 3. The molecule has 2 heterocycles. The molecule has 1 N–H and O–H groups in total. The van der Waals surface area contributed by atoms with Crippen LogP contribution in [0.25, 0.3) is 0 Å². The first-order valence-electron chi connectivity index (χ1n) is 6.28. The van der Waals surface area contributed by atoms with Crippen LogP contribution in [-0.4, -0.2) is 50.1 Å². The summed E-state index contributed by atoms with van der Waals surface area (Å²) in [6, 6.07) is 1.96. The van der Waals surface area contributed by atoms with E-state index in [0.29, 0.717) is 0 Å². The molecule has 1 aromatic heterocycles. The number of aliphatic carboxylic acids is 1. The lowest BCUT2D eigenvalue weighted by atomic mass is 10.1. The van der Waals surface area contributed by atoms with Crippen LogP contribution < -0.4 is 5.56 Å². The van der Waals surface area contributed by atoms with E-state index < -0.39 is 41.1 Å². The van der Waals surface area contributed by atoms with Crippen molar-refractivity contribution in [3.05, 3.63) is 38.8 Å². The standard InChI is InChI=1S/C12H12FN3O6/c13-12(11(19)20)3-4-14(7-12)10(18)6-15-5-8(16(21)22)1-2-9(15)17/h1-2,5H,3-4,6-7H2,(H,19,20). The molecule has 0 saturated carbocycles. The van der Waals surface area contributed by atoms with Gasteiger partial charge in [0.15, 0.2) is 0 Å². The van der Waals surface area contributed by atoms with E-state index in [2.05, 4.69) is 0 Å². The number of aromatic nitrogens is 1. The van der Waals surface area contributed by atoms with Gasteiger partial charge in [-0.25, -0.2) is 9.18 Å². The molecule has 0 aromatic carbocycles. The van der Waals surface area contributed by atoms with E-state index in [1.165, 1.54) is 0 Å². The van der Waals surface area contributed by atoms with E-state index in [1.807, 2.05) is 0 Å². The molecular weight excluding hydrogens is 301 g/mol. The third-order valence-electron chi connectivity index (χ3n) is 3.44. The topological polar surface area (TPSA) is 123 Å². The highest BCUT2D eigenvalue weighted by molar-refractivity contribution is 5.82. The zero-order valence-corrected chi connectivity index (χ0v) is 11.3. The molecule has 0 aliphatic carbocycles. The molecular formula is C12H12FN3O6. The van der Waals surface area contributed by atoms with Gasteiger partial charge in [-0.05, 0) is 0 Å². The normalized spacial score (nSPS) is 20.9. The van der Waals surface area contributed by atoms with Crippen LogP contribution in [-0.2, 0) is 16.1 Å². The van der Waals surface area contributed by atoms with Crippen LogP contribution in [0.2, 0.25) is 0 Å².